The first kappa shape index (κ1) is 12.0. The summed E-state index contributed by atoms with van der Waals surface area (Å²) in [4.78, 5) is 8.88. The van der Waals surface area contributed by atoms with Crippen molar-refractivity contribution < 1.29 is 0 Å². The van der Waals surface area contributed by atoms with Gasteiger partial charge in [0.15, 0.2) is 0 Å². The Kier molecular flexibility index (Phi) is 4.03. The maximum atomic E-state index is 4.47. The summed E-state index contributed by atoms with van der Waals surface area (Å²) in [6, 6.07) is 5.97. The first-order valence-corrected chi connectivity index (χ1v) is 6.64. The number of pyridine rings is 1. The minimum Gasteiger partial charge on any atom is -0.315 e. The van der Waals surface area contributed by atoms with Crippen LogP contribution < -0.4 is 5.32 Å². The Morgan fingerprint density at radius 2 is 2.12 bits per heavy atom. The van der Waals surface area contributed by atoms with E-state index in [1.54, 1.807) is 0 Å². The minimum atomic E-state index is 0.814. The Balaban J connectivity index is 2.08. The maximum absolute atomic E-state index is 4.47. The van der Waals surface area contributed by atoms with Crippen molar-refractivity contribution in [2.75, 3.05) is 5.32 Å². The van der Waals surface area contributed by atoms with Crippen LogP contribution in [0.2, 0.25) is 0 Å². The van der Waals surface area contributed by atoms with Gasteiger partial charge in [-0.25, -0.2) is 9.97 Å². The number of rotatable bonds is 5. The molecule has 0 aromatic carbocycles. The molecule has 5 heteroatoms. The third-order valence-electron chi connectivity index (χ3n) is 2.35. The molecule has 1 N–H and O–H groups in total. The van der Waals surface area contributed by atoms with E-state index in [4.69, 9.17) is 0 Å². The molecule has 0 saturated heterocycles. The highest BCUT2D eigenvalue weighted by molar-refractivity contribution is 7.09. The second kappa shape index (κ2) is 5.72. The van der Waals surface area contributed by atoms with Crippen LogP contribution in [-0.4, -0.2) is 14.3 Å². The van der Waals surface area contributed by atoms with Gasteiger partial charge in [-0.15, -0.1) is 0 Å². The van der Waals surface area contributed by atoms with Crippen molar-refractivity contribution in [1.82, 2.24) is 14.3 Å². The highest BCUT2D eigenvalue weighted by Gasteiger charge is 2.04. The first-order valence-electron chi connectivity index (χ1n) is 5.87. The van der Waals surface area contributed by atoms with Crippen molar-refractivity contribution in [3.63, 3.8) is 0 Å². The van der Waals surface area contributed by atoms with Crippen molar-refractivity contribution in [1.29, 1.82) is 0 Å². The van der Waals surface area contributed by atoms with Crippen LogP contribution >= 0.6 is 11.5 Å². The smallest absolute Gasteiger partial charge is 0.208 e. The van der Waals surface area contributed by atoms with E-state index in [-0.39, 0.29) is 0 Å². The summed E-state index contributed by atoms with van der Waals surface area (Å²) in [5, 5.41) is 4.01. The lowest BCUT2D eigenvalue weighted by Crippen LogP contribution is -1.96. The highest BCUT2D eigenvalue weighted by atomic mass is 32.1. The third kappa shape index (κ3) is 3.23. The molecule has 0 fully saturated rings. The zero-order valence-electron chi connectivity index (χ0n) is 10.1. The molecule has 0 aliphatic carbocycles. The van der Waals surface area contributed by atoms with Crippen molar-refractivity contribution in [2.24, 2.45) is 0 Å². The molecule has 17 heavy (non-hydrogen) atoms. The lowest BCUT2D eigenvalue weighted by molar-refractivity contribution is 0.862. The minimum absolute atomic E-state index is 0.814. The Morgan fingerprint density at radius 3 is 2.88 bits per heavy atom. The number of hydrogen-bond acceptors (Lipinski definition) is 5. The lowest BCUT2D eigenvalue weighted by atomic mass is 10.3. The number of nitrogens with one attached hydrogen (secondary N) is 1. The van der Waals surface area contributed by atoms with Crippen molar-refractivity contribution in [3.8, 4) is 0 Å². The summed E-state index contributed by atoms with van der Waals surface area (Å²) < 4.78 is 4.28. The van der Waals surface area contributed by atoms with Gasteiger partial charge in [-0.2, -0.15) is 4.37 Å². The van der Waals surface area contributed by atoms with E-state index in [1.165, 1.54) is 11.5 Å². The number of anilines is 2. The normalized spacial score (nSPS) is 10.5. The molecule has 0 radical (unpaired) electrons. The average molecular weight is 248 g/mol. The number of hydrogen-bond donors (Lipinski definition) is 1. The molecule has 0 spiro atoms. The van der Waals surface area contributed by atoms with Crippen LogP contribution in [0, 0.1) is 0 Å². The van der Waals surface area contributed by atoms with E-state index >= 15 is 0 Å². The average Bonchev–Trinajstić information content (AvgIpc) is 2.77. The van der Waals surface area contributed by atoms with Crippen LogP contribution in [0.1, 0.15) is 31.8 Å². The van der Waals surface area contributed by atoms with Gasteiger partial charge in [0.25, 0.3) is 0 Å². The molecular formula is C12H16N4S. The summed E-state index contributed by atoms with van der Waals surface area (Å²) in [7, 11) is 0. The number of nitrogens with zero attached hydrogens (tertiary/aromatic N) is 3. The molecule has 0 saturated carbocycles. The van der Waals surface area contributed by atoms with Gasteiger partial charge in [-0.3, -0.25) is 0 Å². The van der Waals surface area contributed by atoms with Crippen molar-refractivity contribution >= 4 is 22.5 Å². The van der Waals surface area contributed by atoms with Crippen LogP contribution in [-0.2, 0) is 12.8 Å². The SMILES string of the molecule is CCCc1nsc(Nc2cccc(CC)n2)n1. The van der Waals surface area contributed by atoms with Crippen LogP contribution in [0.4, 0.5) is 10.9 Å². The van der Waals surface area contributed by atoms with E-state index in [0.717, 1.165) is 41.7 Å². The summed E-state index contributed by atoms with van der Waals surface area (Å²) in [6.07, 6.45) is 2.94. The van der Waals surface area contributed by atoms with Crippen molar-refractivity contribution in [3.05, 3.63) is 29.7 Å². The molecule has 0 bridgehead atoms. The monoisotopic (exact) mass is 248 g/mol. The van der Waals surface area contributed by atoms with Gasteiger partial charge in [-0.05, 0) is 25.0 Å². The molecule has 0 aliphatic rings. The van der Waals surface area contributed by atoms with Gasteiger partial charge in [-0.1, -0.05) is 19.9 Å². The molecule has 2 aromatic rings. The standard InChI is InChI=1S/C12H16N4S/c1-3-6-11-15-12(17-16-11)14-10-8-5-7-9(4-2)13-10/h5,7-8H,3-4,6H2,1-2H3,(H,13,14,15,16). The summed E-state index contributed by atoms with van der Waals surface area (Å²) in [5.41, 5.74) is 1.08. The van der Waals surface area contributed by atoms with E-state index in [0.29, 0.717) is 0 Å². The molecule has 4 nitrogen and oxygen atoms in total. The summed E-state index contributed by atoms with van der Waals surface area (Å²) >= 11 is 1.39. The molecule has 2 rings (SSSR count). The fraction of sp³-hybridized carbons (Fsp3) is 0.417. The molecule has 90 valence electrons. The number of aromatic nitrogens is 3. The predicted molar refractivity (Wildman–Crippen MR) is 70.8 cm³/mol. The zero-order chi connectivity index (χ0) is 12.1. The maximum Gasteiger partial charge on any atom is 0.208 e. The number of aryl methyl sites for hydroxylation is 2. The molecular weight excluding hydrogens is 232 g/mol. The van der Waals surface area contributed by atoms with E-state index in [2.05, 4.69) is 33.5 Å². The molecule has 2 aromatic heterocycles. The van der Waals surface area contributed by atoms with Gasteiger partial charge in [0, 0.05) is 23.6 Å². The first-order chi connectivity index (χ1) is 8.31. The van der Waals surface area contributed by atoms with E-state index in [9.17, 15) is 0 Å². The second-order valence-corrected chi connectivity index (χ2v) is 4.51. The van der Waals surface area contributed by atoms with Gasteiger partial charge < -0.3 is 5.32 Å². The Morgan fingerprint density at radius 1 is 1.24 bits per heavy atom. The van der Waals surface area contributed by atoms with E-state index < -0.39 is 0 Å². The summed E-state index contributed by atoms with van der Waals surface area (Å²) in [5.74, 6) is 1.75. The van der Waals surface area contributed by atoms with E-state index in [1.807, 2.05) is 18.2 Å². The second-order valence-electron chi connectivity index (χ2n) is 3.76. The van der Waals surface area contributed by atoms with Gasteiger partial charge >= 0.3 is 0 Å². The zero-order valence-corrected chi connectivity index (χ0v) is 10.9. The molecule has 2 heterocycles. The van der Waals surface area contributed by atoms with Gasteiger partial charge in [0.05, 0.1) is 0 Å². The third-order valence-corrected chi connectivity index (χ3v) is 3.01. The highest BCUT2D eigenvalue weighted by Crippen LogP contribution is 2.17. The summed E-state index contributed by atoms with van der Waals surface area (Å²) in [6.45, 7) is 4.22. The lowest BCUT2D eigenvalue weighted by Gasteiger charge is -2.02. The van der Waals surface area contributed by atoms with Crippen LogP contribution in [0.5, 0.6) is 0 Å². The van der Waals surface area contributed by atoms with Crippen LogP contribution in [0.25, 0.3) is 0 Å². The van der Waals surface area contributed by atoms with Gasteiger partial charge in [0.2, 0.25) is 5.13 Å². The quantitative estimate of drug-likeness (QED) is 0.883. The van der Waals surface area contributed by atoms with Crippen molar-refractivity contribution in [2.45, 2.75) is 33.1 Å². The fourth-order valence-electron chi connectivity index (χ4n) is 1.49. The topological polar surface area (TPSA) is 50.7 Å². The fourth-order valence-corrected chi connectivity index (χ4v) is 2.11. The Bertz CT molecular complexity index is 481. The predicted octanol–water partition coefficient (Wildman–Crippen LogP) is 3.19. The van der Waals surface area contributed by atoms with Crippen LogP contribution in [0.15, 0.2) is 18.2 Å². The Hall–Kier alpha value is -1.49. The molecule has 0 aliphatic heterocycles. The molecule has 0 atom stereocenters. The van der Waals surface area contributed by atoms with Crippen LogP contribution in [0.3, 0.4) is 0 Å². The molecule has 0 amide bonds. The van der Waals surface area contributed by atoms with Gasteiger partial charge in [0.1, 0.15) is 11.6 Å². The Labute approximate surface area is 105 Å². The largest absolute Gasteiger partial charge is 0.315 e. The molecule has 0 unspecified atom stereocenters.